The summed E-state index contributed by atoms with van der Waals surface area (Å²) in [6.07, 6.45) is -14.7. The SMILES string of the molecule is CN(C)c1ccc2c(-c3ccc(C(=O)NCCNC(=O)O[C@@H]4[C@H](O)[C@@H](COP(=O)(O)OP(=O)(O)NP(=O)(O)O)O[C@H]4n4cnc5c(=O)[nH]c(N)nc54)cc3C(=O)[O-])c3ccc(=[N+](C)C)cc-3oc2c1.CN(C)c1ccc2c(-c3ccc(C(=O)NCCNC(=O)O[C@H]4[C@@H](O)[C@H](n5cnc6c(=O)[nH]c(N)nc65)O[C@@H]4COP(=O)(O)OP(=O)(O)NP(=O)(O)O)cc3C(=O)[O-])c3ccc(=[N+](C)C)cc-3oc2c1. The Bertz CT molecular complexity index is 7370. The summed E-state index contributed by atoms with van der Waals surface area (Å²) in [5, 5.41) is 60.6. The second-order valence-corrected chi connectivity index (χ2v) is 40.7. The predicted molar refractivity (Wildman–Crippen MR) is 478 cm³/mol. The number of anilines is 4. The number of aliphatic hydroxyl groups is 2. The minimum absolute atomic E-state index is 0.0693. The zero-order valence-electron chi connectivity index (χ0n) is 72.8. The van der Waals surface area contributed by atoms with Gasteiger partial charge in [0.15, 0.2) is 47.0 Å². The Morgan fingerprint density at radius 1 is 0.500 bits per heavy atom. The first kappa shape index (κ1) is 103. The fraction of sp³-hybridized carbons (Fsp3) is 0.289. The molecule has 0 bridgehead atoms. The number of nitrogens with one attached hydrogen (secondary N) is 8. The van der Waals surface area contributed by atoms with E-state index in [9.17, 15) is 106 Å². The Labute approximate surface area is 773 Å². The smallest absolute Gasteiger partial charge is 0.480 e. The highest BCUT2D eigenvalue weighted by atomic mass is 31.3. The molecule has 2 fully saturated rings. The number of nitrogens with two attached hydrogens (primary N) is 2. The quantitative estimate of drug-likeness (QED) is 0.0101. The van der Waals surface area contributed by atoms with Crippen LogP contribution in [0, 0.1) is 0 Å². The van der Waals surface area contributed by atoms with Gasteiger partial charge < -0.3 is 139 Å². The van der Waals surface area contributed by atoms with Crippen molar-refractivity contribution in [3.05, 3.63) is 176 Å². The normalized spacial score (nSPS) is 19.0. The van der Waals surface area contributed by atoms with E-state index in [1.54, 1.807) is 0 Å². The van der Waals surface area contributed by atoms with E-state index in [0.29, 0.717) is 55.7 Å². The van der Waals surface area contributed by atoms with E-state index in [1.807, 2.05) is 148 Å². The molecule has 736 valence electrons. The van der Waals surface area contributed by atoms with Crippen molar-refractivity contribution in [3.63, 3.8) is 0 Å². The van der Waals surface area contributed by atoms with Crippen molar-refractivity contribution in [2.75, 3.05) is 117 Å². The maximum atomic E-state index is 13.4. The maximum absolute atomic E-state index is 13.4. The summed E-state index contributed by atoms with van der Waals surface area (Å²) in [6, 6.07) is 30.1. The van der Waals surface area contributed by atoms with Gasteiger partial charge in [0.25, 0.3) is 22.9 Å². The lowest BCUT2D eigenvalue weighted by Gasteiger charge is -2.22. The number of carbonyl (C=O) groups is 6. The Hall–Kier alpha value is -12.8. The highest BCUT2D eigenvalue weighted by Crippen LogP contribution is 2.63. The summed E-state index contributed by atoms with van der Waals surface area (Å²) >= 11 is 0. The molecule has 62 heteroatoms. The molecule has 4 unspecified atom stereocenters. The van der Waals surface area contributed by atoms with E-state index in [2.05, 4.69) is 64.3 Å². The van der Waals surface area contributed by atoms with Crippen LogP contribution < -0.4 is 93.4 Å². The molecule has 2 saturated heterocycles. The van der Waals surface area contributed by atoms with Crippen molar-refractivity contribution in [3.8, 4) is 44.9 Å². The van der Waals surface area contributed by atoms with Crippen LogP contribution in [0.1, 0.15) is 53.9 Å². The Morgan fingerprint density at radius 2 is 0.884 bits per heavy atom. The molecule has 2 aliphatic carbocycles. The number of ether oxygens (including phenoxy) is 4. The van der Waals surface area contributed by atoms with Gasteiger partial charge in [0.05, 0.1) is 49.9 Å². The van der Waals surface area contributed by atoms with Gasteiger partial charge in [-0.25, -0.2) is 56.1 Å². The molecule has 4 aromatic carbocycles. The maximum Gasteiger partial charge on any atom is 0.480 e. The molecule has 8 heterocycles. The van der Waals surface area contributed by atoms with Crippen LogP contribution in [0.4, 0.5) is 32.9 Å². The molecular weight excluding hydrogens is 1950 g/mol. The number of aromatic nitrogens is 8. The van der Waals surface area contributed by atoms with Crippen molar-refractivity contribution < 1.29 is 161 Å². The number of imidazole rings is 2. The van der Waals surface area contributed by atoms with Crippen LogP contribution in [-0.4, -0.2) is 257 Å². The number of aliphatic hydroxyl groups excluding tert-OH is 2. The number of aromatic carboxylic acids is 2. The molecule has 0 spiro atoms. The predicted octanol–water partition coefficient (Wildman–Crippen LogP) is -1.24. The first-order chi connectivity index (χ1) is 64.6. The number of fused-ring (bicyclic) bond motifs is 6. The van der Waals surface area contributed by atoms with E-state index in [4.69, 9.17) is 63.3 Å². The number of alkyl carbamates (subject to hydrolysis) is 2. The highest BCUT2D eigenvalue weighted by molar-refractivity contribution is 7.71. The fourth-order valence-corrected chi connectivity index (χ4v) is 21.4. The molecule has 0 radical (unpaired) electrons. The van der Waals surface area contributed by atoms with Gasteiger partial charge in [0.1, 0.15) is 75.3 Å². The number of hydrogen-bond acceptors (Lipinski definition) is 36. The van der Waals surface area contributed by atoms with Crippen molar-refractivity contribution in [1.29, 1.82) is 0 Å². The number of phosphoric ester groups is 2. The molecule has 12 atom stereocenters. The van der Waals surface area contributed by atoms with Gasteiger partial charge in [-0.2, -0.15) is 18.6 Å². The highest BCUT2D eigenvalue weighted by Gasteiger charge is 2.52. The number of benzene rings is 6. The average Bonchev–Trinajstić information content (AvgIpc) is 1.18. The molecule has 0 saturated carbocycles. The third-order valence-electron chi connectivity index (χ3n) is 20.6. The summed E-state index contributed by atoms with van der Waals surface area (Å²) < 4.78 is 129. The number of nitrogens with zero attached hydrogens (tertiary/aromatic N) is 10. The fourth-order valence-electron chi connectivity index (χ4n) is 14.5. The molecular formula is C76H86N20O36P6. The van der Waals surface area contributed by atoms with Crippen LogP contribution in [0.15, 0.2) is 140 Å². The monoisotopic (exact) mass is 2040 g/mol. The first-order valence-electron chi connectivity index (χ1n) is 40.0. The van der Waals surface area contributed by atoms with Crippen molar-refractivity contribution >= 4 is 150 Å². The Morgan fingerprint density at radius 3 is 1.28 bits per heavy atom. The van der Waals surface area contributed by atoms with Crippen LogP contribution in [0.25, 0.3) is 89.2 Å². The summed E-state index contributed by atoms with van der Waals surface area (Å²) in [6.45, 7) is -3.50. The number of nitrogen functional groups attached to an aromatic ring is 2. The molecule has 22 N–H and O–H groups in total. The summed E-state index contributed by atoms with van der Waals surface area (Å²) in [5.74, 6) is -4.41. The number of carbonyl (C=O) groups excluding carboxylic acids is 6. The average molecular weight is 2040 g/mol. The third kappa shape index (κ3) is 24.0. The van der Waals surface area contributed by atoms with Crippen LogP contribution >= 0.6 is 46.6 Å². The Kier molecular flexibility index (Phi) is 30.3. The van der Waals surface area contributed by atoms with E-state index in [1.165, 1.54) is 24.3 Å². The molecule has 4 amide bonds. The van der Waals surface area contributed by atoms with Gasteiger partial charge in [0.2, 0.25) is 22.6 Å². The van der Waals surface area contributed by atoms with Gasteiger partial charge in [-0.3, -0.25) is 47.3 Å². The number of phosphoric acid groups is 2. The number of carboxylic acids is 2. The molecule has 138 heavy (non-hydrogen) atoms. The van der Waals surface area contributed by atoms with Gasteiger partial charge >= 0.3 is 58.8 Å². The van der Waals surface area contributed by atoms with Crippen LogP contribution in [-0.2, 0) is 64.0 Å². The van der Waals surface area contributed by atoms with E-state index < -0.39 is 156 Å². The number of hydrogen-bond donors (Lipinski definition) is 20. The molecule has 8 aromatic rings. The van der Waals surface area contributed by atoms with Crippen molar-refractivity contribution in [2.45, 2.75) is 49.1 Å². The zero-order valence-corrected chi connectivity index (χ0v) is 78.2. The molecule has 4 aromatic heterocycles. The van der Waals surface area contributed by atoms with E-state index in [0.717, 1.165) is 65.7 Å². The lowest BCUT2D eigenvalue weighted by molar-refractivity contribution is -0.256. The second kappa shape index (κ2) is 40.7. The topological polar surface area (TPSA) is 817 Å². The third-order valence-corrected chi connectivity index (χ3v) is 29.1. The van der Waals surface area contributed by atoms with Gasteiger partial charge in [-0.05, 0) is 71.8 Å². The largest absolute Gasteiger partial charge is 0.545 e. The number of carboxylic acid groups (broad SMARTS) is 2. The van der Waals surface area contributed by atoms with Gasteiger partial charge in [-0.15, -0.1) is 9.72 Å². The summed E-state index contributed by atoms with van der Waals surface area (Å²) in [5.41, 5.74) is 13.4. The van der Waals surface area contributed by atoms with Crippen LogP contribution in [0.5, 0.6) is 0 Å². The summed E-state index contributed by atoms with van der Waals surface area (Å²) in [7, 11) is -18.7. The number of rotatable bonds is 32. The van der Waals surface area contributed by atoms with Crippen LogP contribution in [0.3, 0.4) is 0 Å². The molecule has 6 aliphatic rings. The lowest BCUT2D eigenvalue weighted by atomic mass is 9.89. The van der Waals surface area contributed by atoms with Gasteiger partial charge in [-0.1, -0.05) is 12.1 Å². The first-order valence-corrected chi connectivity index (χ1v) is 49.4. The number of aromatic amines is 2. The zero-order chi connectivity index (χ0) is 101. The summed E-state index contributed by atoms with van der Waals surface area (Å²) in [4.78, 5) is 204. The molecule has 4 aliphatic heterocycles. The standard InChI is InChI=1S/2C38H43N10O18P3/c1-46(2)19-6-9-22-25(14-19)63-26-15-20(47(3)4)7-10-23(26)28(22)21-8-5-18(13-24(21)36(52)53)33(50)40-11-12-41-38(54)65-31-27(16-62-69(60,61)66-68(58,59)45-67(55,56)57)64-35(30(31)49)48-17-42-29-32(48)43-37(39)44-34(29)51;1-46(2)19-6-9-22-25(14-19)63-26-15-20(47(3)4)7-10-23(26)28(22)21-8-5-18(13-24(21)36(52)53)33(50)40-11-12-41-38(54)65-31-30(49)27(16-62-69(60,61)66-68(58,59)45-67(55,56)57)64-35(31)48-17-42-29-32(48)43-37(39)44-34(29)51/h2*5-10,13-15,17,27,30-31,35,49H,11-12,16H2,1-4H3,(H10-,39,40,41,43,44,45,50,51,52,53,54,55,56,57,58,59,60,61)/t2*27-,30-,31-,35-/m11/s1. The molecule has 56 nitrogen and oxygen atoms in total. The van der Waals surface area contributed by atoms with Crippen molar-refractivity contribution in [2.24, 2.45) is 0 Å². The minimum atomic E-state index is -5.69. The molecule has 14 rings (SSSR count). The number of amides is 4. The van der Waals surface area contributed by atoms with Crippen LogP contribution in [0.2, 0.25) is 0 Å². The van der Waals surface area contributed by atoms with Crippen molar-refractivity contribution in [1.82, 2.24) is 79.2 Å². The second-order valence-electron chi connectivity index (χ2n) is 31.1. The minimum Gasteiger partial charge on any atom is -0.545 e. The lowest BCUT2D eigenvalue weighted by Crippen LogP contribution is -2.42. The number of H-pyrrole nitrogens is 2. The van der Waals surface area contributed by atoms with Gasteiger partial charge in [0, 0.05) is 145 Å². The van der Waals surface area contributed by atoms with E-state index >= 15 is 0 Å². The Balaban J connectivity index is 0.000000233. The van der Waals surface area contributed by atoms with E-state index in [-0.39, 0.29) is 93.8 Å².